The Hall–Kier alpha value is -1.95. The summed E-state index contributed by atoms with van der Waals surface area (Å²) in [7, 11) is 1.20. The number of nitrogens with zero attached hydrogens (tertiary/aromatic N) is 1. The molecular formula is C12H10FNO3S. The highest BCUT2D eigenvalue weighted by molar-refractivity contribution is 7.12. The molecule has 0 fully saturated rings. The van der Waals surface area contributed by atoms with E-state index >= 15 is 0 Å². The van der Waals surface area contributed by atoms with E-state index in [9.17, 15) is 14.0 Å². The van der Waals surface area contributed by atoms with Gasteiger partial charge in [-0.15, -0.1) is 11.3 Å². The number of hydrogen-bond donors (Lipinski definition) is 0. The van der Waals surface area contributed by atoms with Gasteiger partial charge in [0.1, 0.15) is 4.88 Å². The van der Waals surface area contributed by atoms with Crippen molar-refractivity contribution in [2.75, 3.05) is 7.11 Å². The molecule has 2 aromatic rings. The standard InChI is InChI=1S/C12H10FNO3S/c1-17-12(16)11-10(13)8(7-18-11)6-14-5-3-2-4-9(14)15/h2-5,7H,6H2,1H3. The van der Waals surface area contributed by atoms with E-state index in [1.807, 2.05) is 0 Å². The predicted molar refractivity (Wildman–Crippen MR) is 65.4 cm³/mol. The molecule has 0 N–H and O–H groups in total. The maximum absolute atomic E-state index is 13.9. The fourth-order valence-corrected chi connectivity index (χ4v) is 2.34. The average Bonchev–Trinajstić information content (AvgIpc) is 2.73. The Kier molecular flexibility index (Phi) is 3.57. The molecule has 0 amide bonds. The van der Waals surface area contributed by atoms with Crippen molar-refractivity contribution in [3.63, 3.8) is 0 Å². The van der Waals surface area contributed by atoms with Gasteiger partial charge in [0.25, 0.3) is 5.56 Å². The van der Waals surface area contributed by atoms with Crippen LogP contribution in [0.3, 0.4) is 0 Å². The number of carbonyl (C=O) groups is 1. The number of pyridine rings is 1. The second-order valence-electron chi connectivity index (χ2n) is 3.56. The third-order valence-corrected chi connectivity index (χ3v) is 3.39. The zero-order valence-corrected chi connectivity index (χ0v) is 10.4. The normalized spacial score (nSPS) is 10.3. The third kappa shape index (κ3) is 2.33. The van der Waals surface area contributed by atoms with Crippen LogP contribution in [0.25, 0.3) is 0 Å². The van der Waals surface area contributed by atoms with Crippen LogP contribution in [0.5, 0.6) is 0 Å². The summed E-state index contributed by atoms with van der Waals surface area (Å²) < 4.78 is 19.7. The van der Waals surface area contributed by atoms with Gasteiger partial charge in [-0.3, -0.25) is 4.79 Å². The highest BCUT2D eigenvalue weighted by atomic mass is 32.1. The summed E-state index contributed by atoms with van der Waals surface area (Å²) in [6, 6.07) is 4.70. The summed E-state index contributed by atoms with van der Waals surface area (Å²) in [5.41, 5.74) is 0.0800. The van der Waals surface area contributed by atoms with E-state index in [2.05, 4.69) is 4.74 Å². The van der Waals surface area contributed by atoms with Crippen molar-refractivity contribution in [3.8, 4) is 0 Å². The number of rotatable bonds is 3. The molecule has 0 aliphatic heterocycles. The van der Waals surface area contributed by atoms with Crippen molar-refractivity contribution >= 4 is 17.3 Å². The Balaban J connectivity index is 2.31. The van der Waals surface area contributed by atoms with E-state index in [0.717, 1.165) is 11.3 Å². The summed E-state index contributed by atoms with van der Waals surface area (Å²) in [6.45, 7) is 0.0962. The molecule has 18 heavy (non-hydrogen) atoms. The summed E-state index contributed by atoms with van der Waals surface area (Å²) in [5.74, 6) is -1.33. The first-order valence-corrected chi connectivity index (χ1v) is 6.01. The molecular weight excluding hydrogens is 257 g/mol. The summed E-state index contributed by atoms with van der Waals surface area (Å²) >= 11 is 0.969. The molecule has 2 heterocycles. The second-order valence-corrected chi connectivity index (χ2v) is 4.44. The summed E-state index contributed by atoms with van der Waals surface area (Å²) in [6.07, 6.45) is 1.57. The second kappa shape index (κ2) is 5.14. The molecule has 0 saturated carbocycles. The molecule has 94 valence electrons. The van der Waals surface area contributed by atoms with Crippen LogP contribution >= 0.6 is 11.3 Å². The number of ether oxygens (including phenoxy) is 1. The molecule has 0 aliphatic rings. The van der Waals surface area contributed by atoms with Gasteiger partial charge in [0, 0.05) is 17.8 Å². The van der Waals surface area contributed by atoms with Crippen LogP contribution in [-0.4, -0.2) is 17.6 Å². The van der Waals surface area contributed by atoms with Crippen molar-refractivity contribution in [1.82, 2.24) is 4.57 Å². The number of hydrogen-bond acceptors (Lipinski definition) is 4. The topological polar surface area (TPSA) is 48.3 Å². The largest absolute Gasteiger partial charge is 0.465 e. The lowest BCUT2D eigenvalue weighted by Gasteiger charge is -2.03. The van der Waals surface area contributed by atoms with Crippen LogP contribution in [0, 0.1) is 5.82 Å². The fraction of sp³-hybridized carbons (Fsp3) is 0.167. The maximum Gasteiger partial charge on any atom is 0.351 e. The van der Waals surface area contributed by atoms with Gasteiger partial charge >= 0.3 is 5.97 Å². The van der Waals surface area contributed by atoms with Crippen LogP contribution in [0.1, 0.15) is 15.2 Å². The van der Waals surface area contributed by atoms with Crippen molar-refractivity contribution in [2.45, 2.75) is 6.54 Å². The Morgan fingerprint density at radius 3 is 2.94 bits per heavy atom. The lowest BCUT2D eigenvalue weighted by atomic mass is 10.3. The Labute approximate surface area is 106 Å². The molecule has 0 unspecified atom stereocenters. The van der Waals surface area contributed by atoms with Crippen LogP contribution in [0.15, 0.2) is 34.6 Å². The van der Waals surface area contributed by atoms with E-state index in [1.54, 1.807) is 18.3 Å². The molecule has 0 bridgehead atoms. The Morgan fingerprint density at radius 2 is 2.28 bits per heavy atom. The van der Waals surface area contributed by atoms with Crippen molar-refractivity contribution < 1.29 is 13.9 Å². The molecule has 0 aliphatic carbocycles. The van der Waals surface area contributed by atoms with Crippen LogP contribution in [0.4, 0.5) is 4.39 Å². The Morgan fingerprint density at radius 1 is 1.50 bits per heavy atom. The highest BCUT2D eigenvalue weighted by Crippen LogP contribution is 2.22. The molecule has 4 nitrogen and oxygen atoms in total. The van der Waals surface area contributed by atoms with Crippen molar-refractivity contribution in [3.05, 3.63) is 56.4 Å². The first kappa shape index (κ1) is 12.5. The van der Waals surface area contributed by atoms with E-state index in [4.69, 9.17) is 0 Å². The molecule has 0 saturated heterocycles. The lowest BCUT2D eigenvalue weighted by molar-refractivity contribution is 0.0601. The molecule has 0 atom stereocenters. The minimum Gasteiger partial charge on any atom is -0.465 e. The number of halogens is 1. The van der Waals surface area contributed by atoms with Gasteiger partial charge in [-0.25, -0.2) is 9.18 Å². The SMILES string of the molecule is COC(=O)c1scc(Cn2ccccc2=O)c1F. The zero-order valence-electron chi connectivity index (χ0n) is 9.55. The van der Waals surface area contributed by atoms with Gasteiger partial charge in [0.2, 0.25) is 0 Å². The van der Waals surface area contributed by atoms with E-state index in [-0.39, 0.29) is 17.0 Å². The molecule has 0 spiro atoms. The minimum absolute atomic E-state index is 0.0727. The zero-order chi connectivity index (χ0) is 13.1. The van der Waals surface area contributed by atoms with Crippen LogP contribution < -0.4 is 5.56 Å². The van der Waals surface area contributed by atoms with Gasteiger partial charge in [-0.1, -0.05) is 6.07 Å². The van der Waals surface area contributed by atoms with Gasteiger partial charge in [-0.2, -0.15) is 0 Å². The van der Waals surface area contributed by atoms with E-state index in [0.29, 0.717) is 5.56 Å². The monoisotopic (exact) mass is 267 g/mol. The van der Waals surface area contributed by atoms with E-state index < -0.39 is 11.8 Å². The number of carbonyl (C=O) groups excluding carboxylic acids is 1. The van der Waals surface area contributed by atoms with Gasteiger partial charge in [0.05, 0.1) is 13.7 Å². The fourth-order valence-electron chi connectivity index (χ4n) is 1.49. The lowest BCUT2D eigenvalue weighted by Crippen LogP contribution is -2.18. The molecule has 0 aromatic carbocycles. The first-order valence-electron chi connectivity index (χ1n) is 5.13. The smallest absolute Gasteiger partial charge is 0.351 e. The predicted octanol–water partition coefficient (Wildman–Crippen LogP) is 1.88. The van der Waals surface area contributed by atoms with Gasteiger partial charge < -0.3 is 9.30 Å². The first-order chi connectivity index (χ1) is 8.63. The van der Waals surface area contributed by atoms with E-state index in [1.165, 1.54) is 23.1 Å². The molecule has 2 aromatic heterocycles. The number of aromatic nitrogens is 1. The van der Waals surface area contributed by atoms with Crippen molar-refractivity contribution in [2.24, 2.45) is 0 Å². The quantitative estimate of drug-likeness (QED) is 0.798. The third-order valence-electron chi connectivity index (χ3n) is 2.41. The Bertz CT molecular complexity index is 632. The minimum atomic E-state index is -0.704. The highest BCUT2D eigenvalue weighted by Gasteiger charge is 2.18. The molecule has 6 heteroatoms. The van der Waals surface area contributed by atoms with Crippen LogP contribution in [0.2, 0.25) is 0 Å². The van der Waals surface area contributed by atoms with Gasteiger partial charge in [-0.05, 0) is 11.4 Å². The van der Waals surface area contributed by atoms with Crippen molar-refractivity contribution in [1.29, 1.82) is 0 Å². The van der Waals surface area contributed by atoms with Crippen LogP contribution in [-0.2, 0) is 11.3 Å². The van der Waals surface area contributed by atoms with Gasteiger partial charge in [0.15, 0.2) is 5.82 Å². The average molecular weight is 267 g/mol. The molecule has 0 radical (unpaired) electrons. The summed E-state index contributed by atoms with van der Waals surface area (Å²) in [5, 5.41) is 1.51. The molecule has 2 rings (SSSR count). The maximum atomic E-state index is 13.9. The number of methoxy groups -OCH3 is 1. The number of esters is 1. The summed E-state index contributed by atoms with van der Waals surface area (Å²) in [4.78, 5) is 22.7. The number of thiophene rings is 1.